The van der Waals surface area contributed by atoms with Crippen LogP contribution in [0.25, 0.3) is 0 Å². The van der Waals surface area contributed by atoms with Gasteiger partial charge in [-0.3, -0.25) is 9.59 Å². The van der Waals surface area contributed by atoms with Crippen molar-refractivity contribution in [1.82, 2.24) is 5.32 Å². The largest absolute Gasteiger partial charge is 0.324 e. The normalized spacial score (nSPS) is 15.8. The second-order valence-electron chi connectivity index (χ2n) is 5.07. The fourth-order valence-corrected chi connectivity index (χ4v) is 2.02. The van der Waals surface area contributed by atoms with Crippen LogP contribution in [0.4, 0.5) is 0 Å². The molecule has 0 saturated heterocycles. The molecule has 1 unspecified atom stereocenters. The van der Waals surface area contributed by atoms with Gasteiger partial charge in [0, 0.05) is 5.41 Å². The molecule has 0 fully saturated rings. The van der Waals surface area contributed by atoms with Gasteiger partial charge in [-0.1, -0.05) is 69.5 Å². The molecule has 0 bridgehead atoms. The highest BCUT2D eigenvalue weighted by molar-refractivity contribution is 6.46. The highest BCUT2D eigenvalue weighted by Gasteiger charge is 2.31. The number of hydrogen-bond acceptors (Lipinski definition) is 2. The number of allylic oxidation sites excluding steroid dienone is 4. The van der Waals surface area contributed by atoms with Crippen LogP contribution in [-0.4, -0.2) is 12.2 Å². The second kappa shape index (κ2) is 9.80. The maximum absolute atomic E-state index is 12.5. The number of halogens is 2. The van der Waals surface area contributed by atoms with Crippen LogP contribution < -0.4 is 5.32 Å². The van der Waals surface area contributed by atoms with Gasteiger partial charge in [0.15, 0.2) is 6.29 Å². The van der Waals surface area contributed by atoms with E-state index in [-0.39, 0.29) is 21.7 Å². The third kappa shape index (κ3) is 6.06. The fraction of sp³-hybridized carbons (Fsp3) is 0.500. The molecule has 0 heterocycles. The molecule has 0 rings (SSSR count). The van der Waals surface area contributed by atoms with Crippen molar-refractivity contribution in [1.29, 1.82) is 0 Å². The Kier molecular flexibility index (Phi) is 9.31. The van der Waals surface area contributed by atoms with Crippen LogP contribution in [0.5, 0.6) is 0 Å². The number of nitrogens with one attached hydrogen (secondary N) is 1. The minimum atomic E-state index is -0.485. The van der Waals surface area contributed by atoms with E-state index in [0.717, 1.165) is 19.3 Å². The molecule has 118 valence electrons. The van der Waals surface area contributed by atoms with Crippen molar-refractivity contribution in [3.63, 3.8) is 0 Å². The van der Waals surface area contributed by atoms with E-state index in [9.17, 15) is 9.59 Å². The van der Waals surface area contributed by atoms with Crippen LogP contribution >= 0.6 is 23.2 Å². The first-order chi connectivity index (χ1) is 9.86. The van der Waals surface area contributed by atoms with E-state index in [1.54, 1.807) is 0 Å². The quantitative estimate of drug-likeness (QED) is 0.379. The Morgan fingerprint density at radius 1 is 1.33 bits per heavy atom. The van der Waals surface area contributed by atoms with E-state index in [4.69, 9.17) is 23.2 Å². The molecule has 1 N–H and O–H groups in total. The Labute approximate surface area is 137 Å². The number of carbonyl (C=O) groups excluding carboxylic acids is 2. The molecule has 0 aliphatic rings. The van der Waals surface area contributed by atoms with Gasteiger partial charge in [0.2, 0.25) is 5.91 Å². The number of rotatable bonds is 9. The van der Waals surface area contributed by atoms with Gasteiger partial charge >= 0.3 is 0 Å². The molecule has 0 aromatic heterocycles. The van der Waals surface area contributed by atoms with Crippen molar-refractivity contribution in [2.24, 2.45) is 5.41 Å². The van der Waals surface area contributed by atoms with Crippen molar-refractivity contribution < 1.29 is 9.59 Å². The Hall–Kier alpha value is -1.06. The van der Waals surface area contributed by atoms with Gasteiger partial charge in [0.05, 0.1) is 10.7 Å². The summed E-state index contributed by atoms with van der Waals surface area (Å²) in [5, 5.41) is 2.60. The first kappa shape index (κ1) is 19.9. The zero-order valence-corrected chi connectivity index (χ0v) is 14.4. The molecule has 0 aromatic carbocycles. The fourth-order valence-electron chi connectivity index (χ4n) is 1.76. The van der Waals surface area contributed by atoms with Crippen LogP contribution in [0, 0.1) is 5.41 Å². The van der Waals surface area contributed by atoms with Crippen molar-refractivity contribution in [2.75, 3.05) is 0 Å². The number of carbonyl (C=O) groups is 2. The SMILES string of the molecule is C=C/C=C(NC(=O)C(C)(CC)CCCC)\C(Cl)=C(\Cl)C=O. The molecule has 0 saturated carbocycles. The summed E-state index contributed by atoms with van der Waals surface area (Å²) >= 11 is 11.7. The Balaban J connectivity index is 5.28. The molecule has 1 atom stereocenters. The summed E-state index contributed by atoms with van der Waals surface area (Å²) in [6.45, 7) is 9.54. The predicted molar refractivity (Wildman–Crippen MR) is 89.1 cm³/mol. The minimum Gasteiger partial charge on any atom is -0.324 e. The monoisotopic (exact) mass is 331 g/mol. The van der Waals surface area contributed by atoms with Crippen molar-refractivity contribution in [2.45, 2.75) is 46.5 Å². The van der Waals surface area contributed by atoms with Crippen molar-refractivity contribution in [3.05, 3.63) is 34.5 Å². The van der Waals surface area contributed by atoms with Gasteiger partial charge in [-0.2, -0.15) is 0 Å². The molecular weight excluding hydrogens is 309 g/mol. The molecule has 3 nitrogen and oxygen atoms in total. The molecule has 1 amide bonds. The van der Waals surface area contributed by atoms with E-state index < -0.39 is 5.41 Å². The van der Waals surface area contributed by atoms with Crippen LogP contribution in [0.15, 0.2) is 34.5 Å². The average molecular weight is 332 g/mol. The third-order valence-corrected chi connectivity index (χ3v) is 4.27. The van der Waals surface area contributed by atoms with Crippen LogP contribution in [0.2, 0.25) is 0 Å². The van der Waals surface area contributed by atoms with Gasteiger partial charge < -0.3 is 5.32 Å². The first-order valence-electron chi connectivity index (χ1n) is 7.01. The van der Waals surface area contributed by atoms with Gasteiger partial charge in [-0.05, 0) is 18.9 Å². The summed E-state index contributed by atoms with van der Waals surface area (Å²) in [5.74, 6) is -0.139. The van der Waals surface area contributed by atoms with Crippen LogP contribution in [-0.2, 0) is 9.59 Å². The maximum atomic E-state index is 12.5. The Morgan fingerprint density at radius 3 is 2.38 bits per heavy atom. The van der Waals surface area contributed by atoms with E-state index in [1.165, 1.54) is 12.2 Å². The molecular formula is C16H23Cl2NO2. The molecule has 0 radical (unpaired) electrons. The van der Waals surface area contributed by atoms with E-state index in [2.05, 4.69) is 18.8 Å². The van der Waals surface area contributed by atoms with Gasteiger partial charge in [0.1, 0.15) is 5.03 Å². The maximum Gasteiger partial charge on any atom is 0.230 e. The smallest absolute Gasteiger partial charge is 0.230 e. The molecule has 5 heteroatoms. The Morgan fingerprint density at radius 2 is 1.95 bits per heavy atom. The van der Waals surface area contributed by atoms with Gasteiger partial charge in [-0.25, -0.2) is 0 Å². The van der Waals surface area contributed by atoms with Crippen LogP contribution in [0.1, 0.15) is 46.5 Å². The minimum absolute atomic E-state index is 0.00820. The molecule has 0 aliphatic heterocycles. The van der Waals surface area contributed by atoms with E-state index in [0.29, 0.717) is 12.7 Å². The Bertz CT molecular complexity index is 455. The van der Waals surface area contributed by atoms with E-state index in [1.807, 2.05) is 13.8 Å². The summed E-state index contributed by atoms with van der Waals surface area (Å²) in [4.78, 5) is 23.2. The lowest BCUT2D eigenvalue weighted by Gasteiger charge is -2.27. The summed E-state index contributed by atoms with van der Waals surface area (Å²) < 4.78 is 0. The van der Waals surface area contributed by atoms with E-state index >= 15 is 0 Å². The standard InChI is InChI=1S/C16H23Cl2NO2/c1-5-8-10-16(4,7-3)15(21)19-13(9-6-2)14(18)12(17)11-20/h6,9,11H,2,5,7-8,10H2,1,3-4H3,(H,19,21)/b13-9+,14-12-. The number of unbranched alkanes of at least 4 members (excludes halogenated alkanes) is 1. The molecule has 0 aliphatic carbocycles. The zero-order valence-electron chi connectivity index (χ0n) is 12.8. The molecule has 21 heavy (non-hydrogen) atoms. The van der Waals surface area contributed by atoms with Crippen molar-refractivity contribution in [3.8, 4) is 0 Å². The summed E-state index contributed by atoms with van der Waals surface area (Å²) in [7, 11) is 0. The van der Waals surface area contributed by atoms with Crippen molar-refractivity contribution >= 4 is 35.4 Å². The topological polar surface area (TPSA) is 46.2 Å². The summed E-state index contributed by atoms with van der Waals surface area (Å²) in [5.41, 5.74) is -0.203. The predicted octanol–water partition coefficient (Wildman–Crippen LogP) is 4.67. The summed E-state index contributed by atoms with van der Waals surface area (Å²) in [6, 6.07) is 0. The average Bonchev–Trinajstić information content (AvgIpc) is 2.50. The number of amides is 1. The lowest BCUT2D eigenvalue weighted by atomic mass is 9.81. The third-order valence-electron chi connectivity index (χ3n) is 3.49. The van der Waals surface area contributed by atoms with Gasteiger partial charge in [-0.15, -0.1) is 0 Å². The summed E-state index contributed by atoms with van der Waals surface area (Å²) in [6.07, 6.45) is 6.92. The zero-order chi connectivity index (χ0) is 16.5. The van der Waals surface area contributed by atoms with Gasteiger partial charge in [0.25, 0.3) is 0 Å². The lowest BCUT2D eigenvalue weighted by Crippen LogP contribution is -2.38. The highest BCUT2D eigenvalue weighted by atomic mass is 35.5. The van der Waals surface area contributed by atoms with Crippen LogP contribution in [0.3, 0.4) is 0 Å². The highest BCUT2D eigenvalue weighted by Crippen LogP contribution is 2.30. The number of hydrogen-bond donors (Lipinski definition) is 1. The lowest BCUT2D eigenvalue weighted by molar-refractivity contribution is -0.130. The molecule has 0 spiro atoms. The second-order valence-corrected chi connectivity index (χ2v) is 5.85. The molecule has 0 aromatic rings. The number of aldehydes is 1. The first-order valence-corrected chi connectivity index (χ1v) is 7.76.